The van der Waals surface area contributed by atoms with Gasteiger partial charge in [0.05, 0.1) is 5.41 Å². The van der Waals surface area contributed by atoms with E-state index in [1.165, 1.54) is 55.2 Å². The highest BCUT2D eigenvalue weighted by Crippen LogP contribution is 2.58. The average molecular weight is 1110 g/mol. The zero-order chi connectivity index (χ0) is 57.2. The molecule has 5 aliphatic rings. The van der Waals surface area contributed by atoms with Crippen LogP contribution in [0.4, 0.5) is 51.2 Å². The molecule has 0 atom stereocenters. The summed E-state index contributed by atoms with van der Waals surface area (Å²) in [6.07, 6.45) is 0. The van der Waals surface area contributed by atoms with Crippen molar-refractivity contribution in [1.29, 1.82) is 0 Å². The van der Waals surface area contributed by atoms with Gasteiger partial charge in [-0.15, -0.1) is 0 Å². The highest BCUT2D eigenvalue weighted by molar-refractivity contribution is 7.02. The van der Waals surface area contributed by atoms with Crippen molar-refractivity contribution in [2.24, 2.45) is 0 Å². The van der Waals surface area contributed by atoms with Gasteiger partial charge in [0, 0.05) is 81.5 Å². The monoisotopic (exact) mass is 1110 g/mol. The van der Waals surface area contributed by atoms with Crippen molar-refractivity contribution in [2.75, 3.05) is 14.7 Å². The molecule has 4 aliphatic heterocycles. The first kappa shape index (κ1) is 49.2. The Labute approximate surface area is 506 Å². The van der Waals surface area contributed by atoms with E-state index in [0.717, 1.165) is 90.9 Å². The molecule has 0 radical (unpaired) electrons. The van der Waals surface area contributed by atoms with Crippen molar-refractivity contribution < 1.29 is 14.2 Å². The van der Waals surface area contributed by atoms with E-state index in [-0.39, 0.29) is 13.4 Å². The fourth-order valence-electron chi connectivity index (χ4n) is 15.0. The third kappa shape index (κ3) is 7.44. The summed E-state index contributed by atoms with van der Waals surface area (Å²) in [6.45, 7) is -0.392. The Balaban J connectivity index is 0.922. The number of benzene rings is 13. The van der Waals surface area contributed by atoms with Gasteiger partial charge >= 0.3 is 0 Å². The van der Waals surface area contributed by atoms with Crippen molar-refractivity contribution in [1.82, 2.24) is 0 Å². The van der Waals surface area contributed by atoms with E-state index in [4.69, 9.17) is 14.2 Å². The number of fused-ring (bicyclic) bond motifs is 11. The molecule has 13 aromatic carbocycles. The van der Waals surface area contributed by atoms with Gasteiger partial charge in [-0.2, -0.15) is 0 Å². The van der Waals surface area contributed by atoms with E-state index in [9.17, 15) is 0 Å². The van der Waals surface area contributed by atoms with Gasteiger partial charge in [0.1, 0.15) is 34.5 Å². The van der Waals surface area contributed by atoms with E-state index in [0.29, 0.717) is 5.75 Å². The second kappa shape index (κ2) is 19.4. The van der Waals surface area contributed by atoms with Crippen LogP contribution in [0.25, 0.3) is 11.1 Å². The Morgan fingerprint density at radius 3 is 1.30 bits per heavy atom. The second-order valence-corrected chi connectivity index (χ2v) is 23.0. The summed E-state index contributed by atoms with van der Waals surface area (Å²) in [5.74, 6) is 4.46. The molecule has 4 heterocycles. The number of rotatable bonds is 9. The quantitative estimate of drug-likeness (QED) is 0.134. The average Bonchev–Trinajstić information content (AvgIpc) is 1.70. The number of anilines is 9. The first-order valence-electron chi connectivity index (χ1n) is 29.9. The van der Waals surface area contributed by atoms with Crippen LogP contribution in [0.5, 0.6) is 34.5 Å². The molecule has 0 N–H and O–H groups in total. The number of hydrogen-bond donors (Lipinski definition) is 0. The Morgan fingerprint density at radius 1 is 0.276 bits per heavy atom. The van der Waals surface area contributed by atoms with Gasteiger partial charge in [0.15, 0.2) is 0 Å². The minimum absolute atomic E-state index is 0.192. The molecular formula is C79H51B2N3O3. The van der Waals surface area contributed by atoms with Gasteiger partial charge < -0.3 is 28.9 Å². The SMILES string of the molecule is c1ccc(Oc2cc3c4c(c2)N(c2ccccc2)c2ccccc2B4c2cc4c(cc2O3)N(c2ccc3c(c2)-c2ccccc2C3(c2ccccc2)c2ccccc2)c2cc(Oc3ccccc3)cc3c2B4c2ccccc2N3c2ccccc2)cc1. The van der Waals surface area contributed by atoms with E-state index < -0.39 is 5.41 Å². The highest BCUT2D eigenvalue weighted by atomic mass is 16.5. The van der Waals surface area contributed by atoms with Gasteiger partial charge in [-0.1, -0.05) is 206 Å². The molecule has 8 heteroatoms. The minimum Gasteiger partial charge on any atom is -0.458 e. The molecule has 0 fully saturated rings. The third-order valence-corrected chi connectivity index (χ3v) is 18.4. The fourth-order valence-corrected chi connectivity index (χ4v) is 15.0. The molecule has 18 rings (SSSR count). The van der Waals surface area contributed by atoms with Crippen molar-refractivity contribution in [3.8, 4) is 45.6 Å². The predicted octanol–water partition coefficient (Wildman–Crippen LogP) is 16.1. The third-order valence-electron chi connectivity index (χ3n) is 18.4. The van der Waals surface area contributed by atoms with E-state index >= 15 is 0 Å². The van der Waals surface area contributed by atoms with Crippen LogP contribution < -0.4 is 61.7 Å². The van der Waals surface area contributed by atoms with Crippen molar-refractivity contribution in [3.05, 3.63) is 332 Å². The number of ether oxygens (including phenoxy) is 3. The summed E-state index contributed by atoms with van der Waals surface area (Å²) in [4.78, 5) is 7.31. The van der Waals surface area contributed by atoms with Crippen LogP contribution in [0.3, 0.4) is 0 Å². The molecule has 87 heavy (non-hydrogen) atoms. The van der Waals surface area contributed by atoms with Crippen molar-refractivity contribution in [3.63, 3.8) is 0 Å². The summed E-state index contributed by atoms with van der Waals surface area (Å²) >= 11 is 0. The minimum atomic E-state index is -0.574. The lowest BCUT2D eigenvalue weighted by molar-refractivity contribution is 0.463. The number of nitrogens with zero attached hydrogens (tertiary/aromatic N) is 3. The molecule has 1 aliphatic carbocycles. The Kier molecular flexibility index (Phi) is 11.0. The molecular weight excluding hydrogens is 1060 g/mol. The van der Waals surface area contributed by atoms with E-state index in [2.05, 4.69) is 263 Å². The van der Waals surface area contributed by atoms with Crippen LogP contribution in [0, 0.1) is 0 Å². The topological polar surface area (TPSA) is 37.4 Å². The van der Waals surface area contributed by atoms with Crippen LogP contribution in [0.1, 0.15) is 22.3 Å². The molecule has 406 valence electrons. The number of hydrogen-bond acceptors (Lipinski definition) is 6. The molecule has 0 unspecified atom stereocenters. The smallest absolute Gasteiger partial charge is 0.256 e. The Bertz CT molecular complexity index is 4840. The molecule has 13 aromatic rings. The van der Waals surface area contributed by atoms with Crippen LogP contribution in [-0.4, -0.2) is 13.4 Å². The van der Waals surface area contributed by atoms with Crippen LogP contribution >= 0.6 is 0 Å². The normalized spacial score (nSPS) is 13.8. The second-order valence-electron chi connectivity index (χ2n) is 23.0. The molecule has 6 nitrogen and oxygen atoms in total. The van der Waals surface area contributed by atoms with Gasteiger partial charge in [-0.25, -0.2) is 0 Å². The molecule has 0 saturated heterocycles. The zero-order valence-corrected chi connectivity index (χ0v) is 47.2. The zero-order valence-electron chi connectivity index (χ0n) is 47.2. The summed E-state index contributed by atoms with van der Waals surface area (Å²) < 4.78 is 21.4. The largest absolute Gasteiger partial charge is 0.458 e. The van der Waals surface area contributed by atoms with Crippen LogP contribution in [0.2, 0.25) is 0 Å². The van der Waals surface area contributed by atoms with Crippen LogP contribution in [0.15, 0.2) is 309 Å². The standard InChI is InChI=1S/C79H51B2N3O3/c1-7-25-52(26-8-1)79(53-27-9-2-10-28-53)63-38-20-19-37-61(63)62-45-56(43-44-64(62)79)84-71-51-75-68(81-66-40-22-24-42-70(66)83(55-31-13-4-14-32-55)74-48-60(49-76(87-75)78(74)81)86-58-35-17-6-18-36-58)50-67(71)80-65-39-21-23-41-69(65)82(54-29-11-3-12-30-54)72-46-59(47-73(84)77(72)80)85-57-33-15-5-16-34-57/h1-51H. The summed E-state index contributed by atoms with van der Waals surface area (Å²) in [6, 6.07) is 111. The molecule has 0 aromatic heterocycles. The molecule has 0 bridgehead atoms. The Morgan fingerprint density at radius 2 is 0.724 bits per heavy atom. The fraction of sp³-hybridized carbons (Fsp3) is 0.0127. The lowest BCUT2D eigenvalue weighted by Crippen LogP contribution is -2.64. The maximum atomic E-state index is 7.57. The molecule has 0 spiro atoms. The van der Waals surface area contributed by atoms with Gasteiger partial charge in [-0.3, -0.25) is 0 Å². The number of para-hydroxylation sites is 6. The van der Waals surface area contributed by atoms with Crippen molar-refractivity contribution >= 4 is 97.4 Å². The highest BCUT2D eigenvalue weighted by Gasteiger charge is 2.50. The van der Waals surface area contributed by atoms with Crippen LogP contribution in [-0.2, 0) is 5.41 Å². The van der Waals surface area contributed by atoms with Crippen molar-refractivity contribution in [2.45, 2.75) is 5.41 Å². The predicted molar refractivity (Wildman–Crippen MR) is 357 cm³/mol. The Hall–Kier alpha value is -11.2. The van der Waals surface area contributed by atoms with E-state index in [1.54, 1.807) is 0 Å². The maximum absolute atomic E-state index is 7.57. The van der Waals surface area contributed by atoms with E-state index in [1.807, 2.05) is 60.7 Å². The first-order chi connectivity index (χ1) is 43.2. The maximum Gasteiger partial charge on any atom is 0.256 e. The van der Waals surface area contributed by atoms with Gasteiger partial charge in [-0.05, 0) is 139 Å². The lowest BCUT2D eigenvalue weighted by atomic mass is 9.30. The van der Waals surface area contributed by atoms with Gasteiger partial charge in [0.2, 0.25) is 0 Å². The first-order valence-corrected chi connectivity index (χ1v) is 29.9. The summed E-state index contributed by atoms with van der Waals surface area (Å²) in [5, 5.41) is 0. The summed E-state index contributed by atoms with van der Waals surface area (Å²) in [5.41, 5.74) is 23.2. The van der Waals surface area contributed by atoms with Gasteiger partial charge in [0.25, 0.3) is 13.4 Å². The summed E-state index contributed by atoms with van der Waals surface area (Å²) in [7, 11) is 0. The molecule has 0 amide bonds. The molecule has 0 saturated carbocycles. The lowest BCUT2D eigenvalue weighted by Gasteiger charge is -2.45.